The minimum absolute atomic E-state index is 0.130. The molecule has 142 valence electrons. The molecule has 10 heteroatoms. The minimum atomic E-state index is -0.833. The summed E-state index contributed by atoms with van der Waals surface area (Å²) in [6, 6.07) is 7.88. The van der Waals surface area contributed by atoms with Crippen molar-refractivity contribution >= 4 is 58.3 Å². The Morgan fingerprint density at radius 1 is 1.00 bits per heavy atom. The summed E-state index contributed by atoms with van der Waals surface area (Å²) < 4.78 is 17.8. The van der Waals surface area contributed by atoms with E-state index >= 15 is 0 Å². The van der Waals surface area contributed by atoms with Gasteiger partial charge in [0.05, 0.1) is 15.6 Å². The second kappa shape index (κ2) is 9.55. The maximum atomic E-state index is 13.0. The Morgan fingerprint density at radius 3 is 2.41 bits per heavy atom. The number of carbonyl (C=O) groups excluding carboxylic acids is 3. The van der Waals surface area contributed by atoms with E-state index in [1.165, 1.54) is 30.3 Å². The van der Waals surface area contributed by atoms with Crippen molar-refractivity contribution in [3.63, 3.8) is 0 Å². The van der Waals surface area contributed by atoms with Crippen LogP contribution in [0.4, 0.5) is 10.1 Å². The highest BCUT2D eigenvalue weighted by molar-refractivity contribution is 6.36. The van der Waals surface area contributed by atoms with Gasteiger partial charge < -0.3 is 15.4 Å². The van der Waals surface area contributed by atoms with Gasteiger partial charge in [0.2, 0.25) is 0 Å². The molecular formula is C17H12Cl3FN2O4. The van der Waals surface area contributed by atoms with Crippen LogP contribution in [-0.4, -0.2) is 30.9 Å². The van der Waals surface area contributed by atoms with Crippen LogP contribution >= 0.6 is 34.8 Å². The second-order valence-corrected chi connectivity index (χ2v) is 6.40. The van der Waals surface area contributed by atoms with Crippen LogP contribution in [0.15, 0.2) is 36.4 Å². The smallest absolute Gasteiger partial charge is 0.325 e. The molecule has 0 aliphatic carbocycles. The summed E-state index contributed by atoms with van der Waals surface area (Å²) in [5, 5.41) is 5.04. The zero-order valence-corrected chi connectivity index (χ0v) is 15.8. The Balaban J connectivity index is 1.77. The Labute approximate surface area is 168 Å². The van der Waals surface area contributed by atoms with E-state index in [2.05, 4.69) is 10.6 Å². The number of amides is 2. The summed E-state index contributed by atoms with van der Waals surface area (Å²) in [5.41, 5.74) is 0.382. The Hall–Kier alpha value is -2.35. The van der Waals surface area contributed by atoms with Crippen LogP contribution in [-0.2, 0) is 14.3 Å². The monoisotopic (exact) mass is 432 g/mol. The molecule has 6 nitrogen and oxygen atoms in total. The molecule has 2 aromatic rings. The van der Waals surface area contributed by atoms with E-state index in [0.717, 1.165) is 6.07 Å². The van der Waals surface area contributed by atoms with Crippen LogP contribution in [0, 0.1) is 5.82 Å². The number of carbonyl (C=O) groups is 3. The Bertz CT molecular complexity index is 892. The fourth-order valence-corrected chi connectivity index (χ4v) is 2.56. The van der Waals surface area contributed by atoms with Gasteiger partial charge in [-0.3, -0.25) is 14.4 Å². The summed E-state index contributed by atoms with van der Waals surface area (Å²) in [6.45, 7) is -1.06. The highest BCUT2D eigenvalue weighted by Gasteiger charge is 2.14. The SMILES string of the molecule is O=C(COC(=O)CNC(=O)c1ccc(Cl)cc1Cl)Nc1ccc(F)c(Cl)c1. The van der Waals surface area contributed by atoms with Crippen molar-refractivity contribution in [2.24, 2.45) is 0 Å². The van der Waals surface area contributed by atoms with E-state index in [1.807, 2.05) is 0 Å². The van der Waals surface area contributed by atoms with Crippen LogP contribution in [0.2, 0.25) is 15.1 Å². The lowest BCUT2D eigenvalue weighted by atomic mass is 10.2. The molecular weight excluding hydrogens is 422 g/mol. The number of rotatable bonds is 6. The van der Waals surface area contributed by atoms with Gasteiger partial charge >= 0.3 is 5.97 Å². The zero-order valence-electron chi connectivity index (χ0n) is 13.5. The molecule has 2 aromatic carbocycles. The minimum Gasteiger partial charge on any atom is -0.454 e. The first kappa shape index (κ1) is 21.0. The molecule has 0 unspecified atom stereocenters. The molecule has 2 amide bonds. The summed E-state index contributed by atoms with van der Waals surface area (Å²) in [7, 11) is 0. The molecule has 0 heterocycles. The summed E-state index contributed by atoms with van der Waals surface area (Å²) in [4.78, 5) is 35.3. The van der Waals surface area contributed by atoms with Gasteiger partial charge in [0, 0.05) is 10.7 Å². The lowest BCUT2D eigenvalue weighted by Gasteiger charge is -2.09. The van der Waals surface area contributed by atoms with Gasteiger partial charge in [-0.25, -0.2) is 4.39 Å². The average Bonchev–Trinajstić information content (AvgIpc) is 2.61. The van der Waals surface area contributed by atoms with Crippen molar-refractivity contribution in [2.45, 2.75) is 0 Å². The third kappa shape index (κ3) is 6.39. The normalized spacial score (nSPS) is 10.2. The molecule has 27 heavy (non-hydrogen) atoms. The topological polar surface area (TPSA) is 84.5 Å². The van der Waals surface area contributed by atoms with Gasteiger partial charge in [-0.2, -0.15) is 0 Å². The van der Waals surface area contributed by atoms with Gasteiger partial charge in [-0.15, -0.1) is 0 Å². The number of hydrogen-bond donors (Lipinski definition) is 2. The Kier molecular flexibility index (Phi) is 7.41. The summed E-state index contributed by atoms with van der Waals surface area (Å²) in [5.74, 6) is -2.71. The third-order valence-corrected chi connectivity index (χ3v) is 3.97. The first-order valence-corrected chi connectivity index (χ1v) is 8.53. The standard InChI is InChI=1S/C17H12Cl3FN2O4/c18-9-1-3-11(12(19)5-9)17(26)22-7-16(25)27-8-15(24)23-10-2-4-14(21)13(20)6-10/h1-6H,7-8H2,(H,22,26)(H,23,24). The molecule has 0 radical (unpaired) electrons. The van der Waals surface area contributed by atoms with Gasteiger partial charge in [0.15, 0.2) is 6.61 Å². The maximum Gasteiger partial charge on any atom is 0.325 e. The molecule has 0 spiro atoms. The predicted molar refractivity (Wildman–Crippen MR) is 99.8 cm³/mol. The van der Waals surface area contributed by atoms with Crippen molar-refractivity contribution in [2.75, 3.05) is 18.5 Å². The number of hydrogen-bond acceptors (Lipinski definition) is 4. The van der Waals surface area contributed by atoms with E-state index in [0.29, 0.717) is 5.02 Å². The van der Waals surface area contributed by atoms with E-state index in [-0.39, 0.29) is 21.3 Å². The summed E-state index contributed by atoms with van der Waals surface area (Å²) in [6.07, 6.45) is 0. The number of anilines is 1. The first-order chi connectivity index (χ1) is 12.8. The van der Waals surface area contributed by atoms with Crippen LogP contribution in [0.5, 0.6) is 0 Å². The van der Waals surface area contributed by atoms with Crippen LogP contribution < -0.4 is 10.6 Å². The van der Waals surface area contributed by atoms with Crippen molar-refractivity contribution in [3.8, 4) is 0 Å². The van der Waals surface area contributed by atoms with Crippen molar-refractivity contribution in [3.05, 3.63) is 62.8 Å². The van der Waals surface area contributed by atoms with Crippen molar-refractivity contribution in [1.82, 2.24) is 5.32 Å². The molecule has 0 bridgehead atoms. The van der Waals surface area contributed by atoms with Gasteiger partial charge in [0.1, 0.15) is 12.4 Å². The molecule has 0 aliphatic rings. The third-order valence-electron chi connectivity index (χ3n) is 3.14. The highest BCUT2D eigenvalue weighted by atomic mass is 35.5. The summed E-state index contributed by atoms with van der Waals surface area (Å²) >= 11 is 17.2. The van der Waals surface area contributed by atoms with Crippen LogP contribution in [0.1, 0.15) is 10.4 Å². The molecule has 0 aliphatic heterocycles. The zero-order chi connectivity index (χ0) is 20.0. The van der Waals surface area contributed by atoms with E-state index in [1.54, 1.807) is 0 Å². The molecule has 0 fully saturated rings. The second-order valence-electron chi connectivity index (χ2n) is 5.14. The molecule has 0 saturated carbocycles. The first-order valence-electron chi connectivity index (χ1n) is 7.40. The lowest BCUT2D eigenvalue weighted by molar-refractivity contribution is -0.146. The number of halogens is 4. The van der Waals surface area contributed by atoms with Gasteiger partial charge in [-0.1, -0.05) is 34.8 Å². The van der Waals surface area contributed by atoms with E-state index in [4.69, 9.17) is 39.5 Å². The quantitative estimate of drug-likeness (QED) is 0.680. The number of esters is 1. The number of nitrogens with one attached hydrogen (secondary N) is 2. The molecule has 0 atom stereocenters. The lowest BCUT2D eigenvalue weighted by Crippen LogP contribution is -2.32. The number of ether oxygens (including phenoxy) is 1. The fraction of sp³-hybridized carbons (Fsp3) is 0.118. The number of benzene rings is 2. The largest absolute Gasteiger partial charge is 0.454 e. The maximum absolute atomic E-state index is 13.0. The van der Waals surface area contributed by atoms with E-state index < -0.39 is 36.8 Å². The van der Waals surface area contributed by atoms with E-state index in [9.17, 15) is 18.8 Å². The highest BCUT2D eigenvalue weighted by Crippen LogP contribution is 2.21. The van der Waals surface area contributed by atoms with Gasteiger partial charge in [-0.05, 0) is 36.4 Å². The predicted octanol–water partition coefficient (Wildman–Crippen LogP) is 3.70. The molecule has 2 N–H and O–H groups in total. The van der Waals surface area contributed by atoms with Crippen LogP contribution in [0.3, 0.4) is 0 Å². The van der Waals surface area contributed by atoms with Crippen LogP contribution in [0.25, 0.3) is 0 Å². The van der Waals surface area contributed by atoms with Crippen molar-refractivity contribution in [1.29, 1.82) is 0 Å². The molecule has 0 aromatic heterocycles. The van der Waals surface area contributed by atoms with Crippen molar-refractivity contribution < 1.29 is 23.5 Å². The molecule has 0 saturated heterocycles. The fourth-order valence-electron chi connectivity index (χ4n) is 1.89. The van der Waals surface area contributed by atoms with Gasteiger partial charge in [0.25, 0.3) is 11.8 Å². The Morgan fingerprint density at radius 2 is 1.74 bits per heavy atom. The average molecular weight is 434 g/mol. The molecule has 2 rings (SSSR count).